The van der Waals surface area contributed by atoms with Crippen molar-refractivity contribution in [2.24, 2.45) is 0 Å². The third-order valence-corrected chi connectivity index (χ3v) is 12.6. The van der Waals surface area contributed by atoms with E-state index in [0.29, 0.717) is 0 Å². The summed E-state index contributed by atoms with van der Waals surface area (Å²) in [7, 11) is 0. The average molecular weight is 882 g/mol. The van der Waals surface area contributed by atoms with Crippen LogP contribution in [-0.2, 0) is 55.0 Å². The largest absolute Gasteiger partial charge is 2.00 e. The van der Waals surface area contributed by atoms with E-state index in [-0.39, 0.29) is 16.5 Å². The first-order valence-electron chi connectivity index (χ1n) is 26.1. The van der Waals surface area contributed by atoms with Gasteiger partial charge in [0, 0.05) is 22.3 Å². The average Bonchev–Trinajstić information content (AvgIpc) is 3.55. The summed E-state index contributed by atoms with van der Waals surface area (Å²) in [6.07, 6.45) is 36.4. The van der Waals surface area contributed by atoms with Crippen LogP contribution in [0.15, 0.2) is 35.4 Å². The molecule has 61 heavy (non-hydrogen) atoms. The van der Waals surface area contributed by atoms with Crippen molar-refractivity contribution < 1.29 is 21.2 Å². The Morgan fingerprint density at radius 3 is 0.803 bits per heavy atom. The van der Waals surface area contributed by atoms with Gasteiger partial charge >= 0.3 is 16.5 Å². The zero-order valence-corrected chi connectivity index (χ0v) is 43.1. The van der Waals surface area contributed by atoms with Gasteiger partial charge in [0.05, 0.1) is 0 Å². The van der Waals surface area contributed by atoms with E-state index < -0.39 is 0 Å². The SMILES string of the molecule is CCCCCc1cc(C2=C(CCCC)C(CCCC)=C(c3cc(CCCCC)c(CCCCC)c(CCCCC)c3)[N+]2=[N-])cc(CCCCC)c1CCCCC.[CH2-]C.[CH2-]C.[Ni+2]. The number of rotatable bonds is 32. The molecule has 0 unspecified atom stereocenters. The van der Waals surface area contributed by atoms with Crippen molar-refractivity contribution in [3.63, 3.8) is 0 Å². The number of aryl methyl sites for hydroxylation is 4. The van der Waals surface area contributed by atoms with Gasteiger partial charge in [0.25, 0.3) is 0 Å². The summed E-state index contributed by atoms with van der Waals surface area (Å²) in [6, 6.07) is 10.2. The molecule has 2 aromatic carbocycles. The normalized spacial score (nSPS) is 12.4. The summed E-state index contributed by atoms with van der Waals surface area (Å²) in [4.78, 5) is 0. The predicted molar refractivity (Wildman–Crippen MR) is 271 cm³/mol. The molecule has 0 amide bonds. The van der Waals surface area contributed by atoms with Crippen molar-refractivity contribution in [2.75, 3.05) is 0 Å². The Labute approximate surface area is 391 Å². The Hall–Kier alpha value is -1.99. The second-order valence-electron chi connectivity index (χ2n) is 17.5. The molecule has 0 saturated carbocycles. The van der Waals surface area contributed by atoms with Gasteiger partial charge in [-0.3, -0.25) is 0 Å². The van der Waals surface area contributed by atoms with E-state index in [4.69, 9.17) is 0 Å². The molecule has 350 valence electrons. The molecular weight excluding hydrogens is 783 g/mol. The molecule has 0 radical (unpaired) electrons. The number of unbranched alkanes of at least 4 members (excludes halogenated alkanes) is 14. The molecule has 1 aliphatic heterocycles. The molecule has 3 heteroatoms. The molecule has 3 rings (SSSR count). The third-order valence-electron chi connectivity index (χ3n) is 12.6. The third kappa shape index (κ3) is 19.7. The molecule has 0 saturated heterocycles. The van der Waals surface area contributed by atoms with Crippen LogP contribution in [0, 0.1) is 13.8 Å². The topological polar surface area (TPSA) is 25.3 Å². The molecule has 0 aromatic heterocycles. The molecule has 0 atom stereocenters. The standard InChI is InChI=1S/C54H88N2.2C2H5.Ni/c1-9-17-25-31-43-39-47(40-44(32-26-18-10-2)49(43)37-29-21-13-5)53-51(35-23-15-7)52(36-24-16-8)54(56(53)55)48-41-45(33-27-19-11-3)50(38-30-22-14-6)46(42-48)34-28-20-12-4;2*1-2;/h39-42H,9-38H2,1-8H3;2*1H2,2H3;/q;2*-1;+2. The Balaban J connectivity index is 0.00000698. The molecular formula is C58H98N2Ni. The Morgan fingerprint density at radius 1 is 0.344 bits per heavy atom. The molecule has 0 spiro atoms. The van der Waals surface area contributed by atoms with Crippen molar-refractivity contribution in [3.8, 4) is 0 Å². The molecule has 1 aliphatic rings. The quantitative estimate of drug-likeness (QED) is 0.0303. The molecule has 2 aromatic rings. The maximum Gasteiger partial charge on any atom is 2.00 e. The van der Waals surface area contributed by atoms with E-state index in [9.17, 15) is 5.53 Å². The molecule has 0 aliphatic carbocycles. The van der Waals surface area contributed by atoms with Crippen molar-refractivity contribution in [2.45, 2.75) is 262 Å². The van der Waals surface area contributed by atoms with Crippen LogP contribution in [0.5, 0.6) is 0 Å². The summed E-state index contributed by atoms with van der Waals surface area (Å²) in [5.74, 6) is 0. The number of hydrogen-bond donors (Lipinski definition) is 0. The van der Waals surface area contributed by atoms with E-state index in [1.807, 2.05) is 0 Å². The Kier molecular flexibility index (Phi) is 36.2. The van der Waals surface area contributed by atoms with Gasteiger partial charge < -0.3 is 19.4 Å². The van der Waals surface area contributed by atoms with Gasteiger partial charge in [-0.05, 0) is 160 Å². The zero-order valence-electron chi connectivity index (χ0n) is 42.1. The van der Waals surface area contributed by atoms with Gasteiger partial charge in [0.15, 0.2) is 0 Å². The van der Waals surface area contributed by atoms with E-state index in [2.05, 4.69) is 93.5 Å². The maximum atomic E-state index is 12.9. The summed E-state index contributed by atoms with van der Waals surface area (Å²) in [5.41, 5.74) is 30.0. The minimum absolute atomic E-state index is 0. The molecule has 1 heterocycles. The summed E-state index contributed by atoms with van der Waals surface area (Å²) >= 11 is 0. The fraction of sp³-hybridized carbons (Fsp3) is 0.690. The van der Waals surface area contributed by atoms with Gasteiger partial charge in [-0.15, -0.1) is 0 Å². The van der Waals surface area contributed by atoms with Crippen LogP contribution in [-0.4, -0.2) is 4.70 Å². The van der Waals surface area contributed by atoms with E-state index in [1.165, 1.54) is 151 Å². The molecule has 0 N–H and O–H groups in total. The fourth-order valence-electron chi connectivity index (χ4n) is 9.26. The van der Waals surface area contributed by atoms with Crippen LogP contribution in [0.4, 0.5) is 0 Å². The van der Waals surface area contributed by atoms with Crippen LogP contribution in [0.25, 0.3) is 16.9 Å². The summed E-state index contributed by atoms with van der Waals surface area (Å²) in [6.45, 7) is 28.6. The predicted octanol–water partition coefficient (Wildman–Crippen LogP) is 19.3. The van der Waals surface area contributed by atoms with Crippen molar-refractivity contribution in [1.29, 1.82) is 0 Å². The monoisotopic (exact) mass is 881 g/mol. The van der Waals surface area contributed by atoms with Crippen LogP contribution in [0.3, 0.4) is 0 Å². The Morgan fingerprint density at radius 2 is 0.574 bits per heavy atom. The van der Waals surface area contributed by atoms with Gasteiger partial charge in [-0.2, -0.15) is 13.8 Å². The van der Waals surface area contributed by atoms with E-state index in [0.717, 1.165) is 75.6 Å². The van der Waals surface area contributed by atoms with Gasteiger partial charge in [-0.25, -0.2) is 4.70 Å². The fourth-order valence-corrected chi connectivity index (χ4v) is 9.26. The van der Waals surface area contributed by atoms with Gasteiger partial charge in [0.1, 0.15) is 0 Å². The van der Waals surface area contributed by atoms with Crippen LogP contribution >= 0.6 is 0 Å². The minimum atomic E-state index is 0. The zero-order chi connectivity index (χ0) is 44.5. The molecule has 2 nitrogen and oxygen atoms in total. The number of hydrogen-bond acceptors (Lipinski definition) is 0. The van der Waals surface area contributed by atoms with Crippen LogP contribution in [0.1, 0.15) is 268 Å². The smallest absolute Gasteiger partial charge is 0.493 e. The number of allylic oxidation sites excluding steroid dienone is 2. The minimum Gasteiger partial charge on any atom is -0.493 e. The van der Waals surface area contributed by atoms with Crippen molar-refractivity contribution in [1.82, 2.24) is 0 Å². The van der Waals surface area contributed by atoms with Gasteiger partial charge in [0.2, 0.25) is 11.4 Å². The summed E-state index contributed by atoms with van der Waals surface area (Å²) in [5, 5.41) is 0. The summed E-state index contributed by atoms with van der Waals surface area (Å²) < 4.78 is 1.73. The van der Waals surface area contributed by atoms with Crippen LogP contribution < -0.4 is 0 Å². The van der Waals surface area contributed by atoms with Crippen molar-refractivity contribution in [3.05, 3.63) is 99.3 Å². The number of nitrogens with zero attached hydrogens (tertiary/aromatic N) is 2. The number of benzene rings is 2. The first-order valence-corrected chi connectivity index (χ1v) is 26.1. The maximum absolute atomic E-state index is 12.9. The first-order chi connectivity index (χ1) is 29.4. The van der Waals surface area contributed by atoms with Gasteiger partial charge in [-0.1, -0.05) is 145 Å². The second kappa shape index (κ2) is 37.4. The second-order valence-corrected chi connectivity index (χ2v) is 17.5. The molecule has 0 fully saturated rings. The van der Waals surface area contributed by atoms with Crippen molar-refractivity contribution >= 4 is 11.4 Å². The van der Waals surface area contributed by atoms with Crippen LogP contribution in [0.2, 0.25) is 0 Å². The Bertz CT molecular complexity index is 1340. The van der Waals surface area contributed by atoms with E-state index in [1.54, 1.807) is 51.9 Å². The van der Waals surface area contributed by atoms with E-state index >= 15 is 0 Å². The first kappa shape index (κ1) is 59.0. The molecule has 0 bridgehead atoms.